The van der Waals surface area contributed by atoms with E-state index in [4.69, 9.17) is 4.98 Å². The van der Waals surface area contributed by atoms with E-state index in [2.05, 4.69) is 44.2 Å². The molecule has 4 rings (SSSR count). The summed E-state index contributed by atoms with van der Waals surface area (Å²) in [5.74, 6) is -0.170. The normalized spacial score (nSPS) is 16.3. The van der Waals surface area contributed by atoms with Gasteiger partial charge in [-0.05, 0) is 51.7 Å². The van der Waals surface area contributed by atoms with Gasteiger partial charge in [0.2, 0.25) is 5.91 Å². The van der Waals surface area contributed by atoms with Crippen LogP contribution < -0.4 is 5.32 Å². The van der Waals surface area contributed by atoms with Gasteiger partial charge >= 0.3 is 0 Å². The fourth-order valence-electron chi connectivity index (χ4n) is 4.65. The molecule has 1 saturated heterocycles. The molecule has 7 nitrogen and oxygen atoms in total. The highest BCUT2D eigenvalue weighted by Crippen LogP contribution is 2.30. The molecule has 1 aliphatic rings. The van der Waals surface area contributed by atoms with Gasteiger partial charge in [0.15, 0.2) is 5.65 Å². The second-order valence-corrected chi connectivity index (χ2v) is 9.53. The van der Waals surface area contributed by atoms with Crippen LogP contribution in [0.4, 0.5) is 0 Å². The molecule has 1 atom stereocenters. The lowest BCUT2D eigenvalue weighted by molar-refractivity contribution is -0.126. The van der Waals surface area contributed by atoms with E-state index in [1.165, 1.54) is 0 Å². The van der Waals surface area contributed by atoms with E-state index < -0.39 is 0 Å². The van der Waals surface area contributed by atoms with Crippen LogP contribution in [-0.4, -0.2) is 51.1 Å². The summed E-state index contributed by atoms with van der Waals surface area (Å²) >= 11 is 0. The number of piperidine rings is 1. The maximum Gasteiger partial charge on any atom is 0.254 e. The second-order valence-electron chi connectivity index (χ2n) is 9.53. The first-order chi connectivity index (χ1) is 16.4. The Kier molecular flexibility index (Phi) is 7.29. The van der Waals surface area contributed by atoms with Gasteiger partial charge in [-0.15, -0.1) is 0 Å². The molecule has 1 aliphatic heterocycles. The summed E-state index contributed by atoms with van der Waals surface area (Å²) in [5, 5.41) is 8.33. The van der Waals surface area contributed by atoms with Crippen LogP contribution in [-0.2, 0) is 4.79 Å². The molecular formula is C27H35N5O2. The first-order valence-corrected chi connectivity index (χ1v) is 12.4. The number of hydrogen-bond acceptors (Lipinski definition) is 4. The smallest absolute Gasteiger partial charge is 0.254 e. The number of aryl methyl sites for hydroxylation is 1. The predicted octanol–water partition coefficient (Wildman–Crippen LogP) is 4.76. The van der Waals surface area contributed by atoms with E-state index in [9.17, 15) is 9.59 Å². The Labute approximate surface area is 201 Å². The third-order valence-electron chi connectivity index (χ3n) is 6.62. The van der Waals surface area contributed by atoms with E-state index in [-0.39, 0.29) is 23.8 Å². The maximum absolute atomic E-state index is 13.8. The molecule has 2 amide bonds. The van der Waals surface area contributed by atoms with Crippen LogP contribution in [0, 0.1) is 12.8 Å². The molecule has 1 N–H and O–H groups in total. The molecule has 0 radical (unpaired) electrons. The van der Waals surface area contributed by atoms with Crippen LogP contribution in [0.1, 0.15) is 68.4 Å². The molecule has 180 valence electrons. The summed E-state index contributed by atoms with van der Waals surface area (Å²) in [6.07, 6.45) is 5.39. The number of aromatic nitrogens is 3. The second kappa shape index (κ2) is 10.4. The lowest BCUT2D eigenvalue weighted by Crippen LogP contribution is -2.45. The number of fused-ring (bicyclic) bond motifs is 1. The van der Waals surface area contributed by atoms with Crippen LogP contribution >= 0.6 is 0 Å². The zero-order valence-corrected chi connectivity index (χ0v) is 20.7. The zero-order valence-electron chi connectivity index (χ0n) is 20.7. The number of carbonyl (C=O) groups excluding carboxylic acids is 2. The first-order valence-electron chi connectivity index (χ1n) is 12.4. The van der Waals surface area contributed by atoms with Gasteiger partial charge in [0.25, 0.3) is 5.91 Å². The van der Waals surface area contributed by atoms with E-state index in [1.807, 2.05) is 33.8 Å². The number of amides is 2. The Hall–Kier alpha value is -3.22. The van der Waals surface area contributed by atoms with Gasteiger partial charge in [-0.25, -0.2) is 9.67 Å². The SMILES string of the molecule is CCCCNC(=O)C1CCCN(C(=O)c2cc(-c3ccccc3C)nc3c2cnn3C(C)C)C1. The molecule has 3 heterocycles. The number of rotatable bonds is 7. The number of likely N-dealkylation sites (tertiary alicyclic amines) is 1. The molecule has 1 fully saturated rings. The van der Waals surface area contributed by atoms with Crippen LogP contribution in [0.25, 0.3) is 22.3 Å². The molecule has 2 aromatic heterocycles. The molecule has 3 aromatic rings. The van der Waals surface area contributed by atoms with Crippen LogP contribution in [0.3, 0.4) is 0 Å². The Bertz CT molecular complexity index is 1180. The number of nitrogens with zero attached hydrogens (tertiary/aromatic N) is 4. The van der Waals surface area contributed by atoms with E-state index in [1.54, 1.807) is 6.20 Å². The molecular weight excluding hydrogens is 426 g/mol. The number of nitrogens with one attached hydrogen (secondary N) is 1. The fourth-order valence-corrected chi connectivity index (χ4v) is 4.65. The highest BCUT2D eigenvalue weighted by atomic mass is 16.2. The maximum atomic E-state index is 13.8. The predicted molar refractivity (Wildman–Crippen MR) is 135 cm³/mol. The summed E-state index contributed by atoms with van der Waals surface area (Å²) in [6, 6.07) is 10.1. The average molecular weight is 462 g/mol. The van der Waals surface area contributed by atoms with Crippen LogP contribution in [0.15, 0.2) is 36.5 Å². The van der Waals surface area contributed by atoms with E-state index >= 15 is 0 Å². The molecule has 1 aromatic carbocycles. The number of benzene rings is 1. The van der Waals surface area contributed by atoms with Gasteiger partial charge in [0.05, 0.1) is 28.8 Å². The third kappa shape index (κ3) is 4.83. The third-order valence-corrected chi connectivity index (χ3v) is 6.62. The standard InChI is InChI=1S/C27H35N5O2/c1-5-6-13-28-26(33)20-11-9-14-31(17-20)27(34)22-15-24(21-12-8-7-10-19(21)4)30-25-23(22)16-29-32(25)18(2)3/h7-8,10,12,15-16,18,20H,5-6,9,11,13-14,17H2,1-4H3,(H,28,33). The minimum atomic E-state index is -0.166. The molecule has 0 aliphatic carbocycles. The largest absolute Gasteiger partial charge is 0.356 e. The van der Waals surface area contributed by atoms with Crippen LogP contribution in [0.2, 0.25) is 0 Å². The summed E-state index contributed by atoms with van der Waals surface area (Å²) in [7, 11) is 0. The Morgan fingerprint density at radius 1 is 1.24 bits per heavy atom. The minimum Gasteiger partial charge on any atom is -0.356 e. The van der Waals surface area contributed by atoms with E-state index in [0.29, 0.717) is 30.8 Å². The number of carbonyl (C=O) groups is 2. The van der Waals surface area contributed by atoms with Gasteiger partial charge in [-0.3, -0.25) is 9.59 Å². The van der Waals surface area contributed by atoms with Gasteiger partial charge in [-0.2, -0.15) is 5.10 Å². The summed E-state index contributed by atoms with van der Waals surface area (Å²) < 4.78 is 1.87. The fraction of sp³-hybridized carbons (Fsp3) is 0.481. The number of unbranched alkanes of at least 4 members (excludes halogenated alkanes) is 1. The van der Waals surface area contributed by atoms with Gasteiger partial charge in [0.1, 0.15) is 0 Å². The number of pyridine rings is 1. The Morgan fingerprint density at radius 3 is 2.76 bits per heavy atom. The van der Waals surface area contributed by atoms with Crippen molar-refractivity contribution in [3.8, 4) is 11.3 Å². The topological polar surface area (TPSA) is 80.1 Å². The number of hydrogen-bond donors (Lipinski definition) is 1. The quantitative estimate of drug-likeness (QED) is 0.515. The van der Waals surface area contributed by atoms with Crippen LogP contribution in [0.5, 0.6) is 0 Å². The van der Waals surface area contributed by atoms with Crippen molar-refractivity contribution in [1.82, 2.24) is 25.0 Å². The van der Waals surface area contributed by atoms with Gasteiger partial charge in [0, 0.05) is 31.2 Å². The van der Waals surface area contributed by atoms with Crippen molar-refractivity contribution in [1.29, 1.82) is 0 Å². The van der Waals surface area contributed by atoms with Crippen molar-refractivity contribution >= 4 is 22.8 Å². The van der Waals surface area contributed by atoms with Crippen molar-refractivity contribution in [3.05, 3.63) is 47.7 Å². The molecule has 0 saturated carbocycles. The summed E-state index contributed by atoms with van der Waals surface area (Å²) in [4.78, 5) is 33.2. The molecule has 1 unspecified atom stereocenters. The van der Waals surface area contributed by atoms with Crippen molar-refractivity contribution < 1.29 is 9.59 Å². The summed E-state index contributed by atoms with van der Waals surface area (Å²) in [6.45, 7) is 10.1. The minimum absolute atomic E-state index is 0.0547. The zero-order chi connectivity index (χ0) is 24.2. The van der Waals surface area contributed by atoms with Gasteiger partial charge < -0.3 is 10.2 Å². The molecule has 34 heavy (non-hydrogen) atoms. The molecule has 0 spiro atoms. The highest BCUT2D eigenvalue weighted by molar-refractivity contribution is 6.06. The summed E-state index contributed by atoms with van der Waals surface area (Å²) in [5.41, 5.74) is 4.18. The van der Waals surface area contributed by atoms with Crippen molar-refractivity contribution in [3.63, 3.8) is 0 Å². The average Bonchev–Trinajstić information content (AvgIpc) is 3.28. The monoisotopic (exact) mass is 461 g/mol. The molecule has 0 bridgehead atoms. The van der Waals surface area contributed by atoms with Gasteiger partial charge in [-0.1, -0.05) is 37.6 Å². The van der Waals surface area contributed by atoms with Crippen molar-refractivity contribution in [2.75, 3.05) is 19.6 Å². The Morgan fingerprint density at radius 2 is 2.03 bits per heavy atom. The Balaban J connectivity index is 1.69. The lowest BCUT2D eigenvalue weighted by atomic mass is 9.95. The van der Waals surface area contributed by atoms with Crippen molar-refractivity contribution in [2.45, 2.75) is 59.4 Å². The lowest BCUT2D eigenvalue weighted by Gasteiger charge is -2.32. The van der Waals surface area contributed by atoms with Crippen molar-refractivity contribution in [2.24, 2.45) is 5.92 Å². The molecule has 7 heteroatoms. The highest BCUT2D eigenvalue weighted by Gasteiger charge is 2.30. The van der Waals surface area contributed by atoms with E-state index in [0.717, 1.165) is 47.9 Å². The first kappa shape index (κ1) is 23.9.